The zero-order chi connectivity index (χ0) is 11.1. The fraction of sp³-hybridized carbons (Fsp3) is 0.100. The van der Waals surface area contributed by atoms with Gasteiger partial charge in [0.1, 0.15) is 20.4 Å². The third-order valence-corrected chi connectivity index (χ3v) is 0.940. The summed E-state index contributed by atoms with van der Waals surface area (Å²) < 4.78 is 0. The van der Waals surface area contributed by atoms with Gasteiger partial charge in [-0.2, -0.15) is 0 Å². The van der Waals surface area contributed by atoms with Crippen molar-refractivity contribution in [3.8, 4) is 0 Å². The zero-order valence-corrected chi connectivity index (χ0v) is 9.42. The van der Waals surface area contributed by atoms with E-state index >= 15 is 0 Å². The second-order valence-electron chi connectivity index (χ2n) is 1.65. The normalized spacial score (nSPS) is 5.21. The predicted molar refractivity (Wildman–Crippen MR) is 52.5 cm³/mol. The van der Waals surface area contributed by atoms with Crippen molar-refractivity contribution >= 4 is 20.4 Å². The number of carbonyl (C=O) groups is 3. The Morgan fingerprint density at radius 3 is 1.21 bits per heavy atom. The van der Waals surface area contributed by atoms with Crippen LogP contribution in [-0.2, 0) is 31.7 Å². The molecule has 0 aliphatic carbocycles. The summed E-state index contributed by atoms with van der Waals surface area (Å²) in [5.41, 5.74) is 1.32. The van der Waals surface area contributed by atoms with Crippen LogP contribution in [0.15, 0.2) is 30.3 Å². The van der Waals surface area contributed by atoms with Gasteiger partial charge >= 0.3 is 0 Å². The molecule has 0 heterocycles. The van der Waals surface area contributed by atoms with Gasteiger partial charge in [-0.3, -0.25) is 0 Å². The van der Waals surface area contributed by atoms with Gasteiger partial charge in [0.2, 0.25) is 0 Å². The smallest absolute Gasteiger partial charge is 0.106 e. The van der Waals surface area contributed by atoms with E-state index in [0.717, 1.165) is 0 Å². The molecule has 0 bridgehead atoms. The van der Waals surface area contributed by atoms with Crippen LogP contribution in [0.2, 0.25) is 0 Å². The Kier molecular flexibility index (Phi) is 48.9. The number of rotatable bonds is 0. The Morgan fingerprint density at radius 1 is 0.786 bits per heavy atom. The number of hydrogen-bond acceptors (Lipinski definition) is 3. The van der Waals surface area contributed by atoms with Crippen LogP contribution in [0.3, 0.4) is 0 Å². The number of hydrogen-bond donors (Lipinski definition) is 0. The van der Waals surface area contributed by atoms with E-state index in [4.69, 9.17) is 14.4 Å². The van der Waals surface area contributed by atoms with Crippen LogP contribution in [0.4, 0.5) is 0 Å². The molecular formula is C10H14CrO3. The summed E-state index contributed by atoms with van der Waals surface area (Å²) in [6, 6.07) is 10.3. The molecule has 0 aliphatic rings. The summed E-state index contributed by atoms with van der Waals surface area (Å²) in [4.78, 5) is 24.0. The maximum Gasteiger partial charge on any atom is 0.106 e. The summed E-state index contributed by atoms with van der Waals surface area (Å²) in [7, 11) is 0. The number of aryl methyl sites for hydroxylation is 1. The Bertz CT molecular complexity index is 175. The summed E-state index contributed by atoms with van der Waals surface area (Å²) in [6.45, 7) is 8.08. The first kappa shape index (κ1) is 23.0. The number of carbonyl (C=O) groups excluding carboxylic acids is 3. The van der Waals surface area contributed by atoms with Gasteiger partial charge in [0, 0.05) is 17.4 Å². The van der Waals surface area contributed by atoms with Gasteiger partial charge < -0.3 is 14.4 Å². The molecule has 0 aliphatic heterocycles. The summed E-state index contributed by atoms with van der Waals surface area (Å²) >= 11 is 0. The molecule has 0 radical (unpaired) electrons. The molecule has 0 saturated carbocycles. The fourth-order valence-corrected chi connectivity index (χ4v) is 0.534. The van der Waals surface area contributed by atoms with Crippen molar-refractivity contribution in [1.82, 2.24) is 0 Å². The second-order valence-corrected chi connectivity index (χ2v) is 1.65. The maximum absolute atomic E-state index is 8.00. The average molecular weight is 234 g/mol. The molecule has 0 N–H and O–H groups in total. The molecular weight excluding hydrogens is 220 g/mol. The first-order chi connectivity index (χ1) is 6.39. The minimum Gasteiger partial charge on any atom is -0.307 e. The van der Waals surface area contributed by atoms with Crippen LogP contribution in [0, 0.1) is 6.92 Å². The van der Waals surface area contributed by atoms with Crippen LogP contribution in [0.1, 0.15) is 5.56 Å². The summed E-state index contributed by atoms with van der Waals surface area (Å²) in [5, 5.41) is 0. The average Bonchev–Trinajstić information content (AvgIpc) is 2.28. The van der Waals surface area contributed by atoms with E-state index in [-0.39, 0.29) is 17.4 Å². The van der Waals surface area contributed by atoms with Crippen LogP contribution < -0.4 is 0 Å². The zero-order valence-electron chi connectivity index (χ0n) is 8.14. The predicted octanol–water partition coefficient (Wildman–Crippen LogP) is 1.44. The van der Waals surface area contributed by atoms with Gasteiger partial charge in [0.05, 0.1) is 0 Å². The first-order valence-electron chi connectivity index (χ1n) is 3.28. The first-order valence-corrected chi connectivity index (χ1v) is 3.28. The molecule has 1 rings (SSSR count). The molecule has 0 aromatic heterocycles. The summed E-state index contributed by atoms with van der Waals surface area (Å²) in [5.74, 6) is 0. The number of benzene rings is 1. The van der Waals surface area contributed by atoms with Crippen molar-refractivity contribution in [3.05, 3.63) is 35.9 Å². The minimum atomic E-state index is 0. The maximum atomic E-state index is 8.00. The molecule has 0 atom stereocenters. The second kappa shape index (κ2) is 29.8. The Balaban J connectivity index is -0.0000000625. The van der Waals surface area contributed by atoms with Crippen LogP contribution >= 0.6 is 0 Å². The van der Waals surface area contributed by atoms with Gasteiger partial charge in [0.15, 0.2) is 0 Å². The topological polar surface area (TPSA) is 51.2 Å². The van der Waals surface area contributed by atoms with Crippen molar-refractivity contribution < 1.29 is 31.7 Å². The largest absolute Gasteiger partial charge is 0.307 e. The van der Waals surface area contributed by atoms with Gasteiger partial charge in [-0.05, 0) is 6.92 Å². The van der Waals surface area contributed by atoms with E-state index in [1.54, 1.807) is 0 Å². The minimum absolute atomic E-state index is 0. The fourth-order valence-electron chi connectivity index (χ4n) is 0.534. The van der Waals surface area contributed by atoms with Crippen LogP contribution in [0.25, 0.3) is 0 Å². The van der Waals surface area contributed by atoms with Crippen molar-refractivity contribution in [2.75, 3.05) is 0 Å². The van der Waals surface area contributed by atoms with E-state index in [9.17, 15) is 0 Å². The van der Waals surface area contributed by atoms with Crippen LogP contribution in [-0.4, -0.2) is 20.4 Å². The molecule has 0 amide bonds. The van der Waals surface area contributed by atoms with Crippen molar-refractivity contribution in [1.29, 1.82) is 0 Å². The molecule has 14 heavy (non-hydrogen) atoms. The molecule has 0 fully saturated rings. The van der Waals surface area contributed by atoms with E-state index in [0.29, 0.717) is 0 Å². The molecule has 3 nitrogen and oxygen atoms in total. The standard InChI is InChI=1S/C7H8.3CH2O.Cr/c1-7-5-3-2-4-6-7;3*1-2;/h2-6H,1H3;3*1H2;. The van der Waals surface area contributed by atoms with E-state index in [2.05, 4.69) is 19.1 Å². The molecule has 0 spiro atoms. The van der Waals surface area contributed by atoms with E-state index in [1.165, 1.54) is 5.56 Å². The Hall–Kier alpha value is -1.24. The third kappa shape index (κ3) is 22.4. The molecule has 4 heteroatoms. The Labute approximate surface area is 95.3 Å². The van der Waals surface area contributed by atoms with Gasteiger partial charge in [-0.15, -0.1) is 0 Å². The summed E-state index contributed by atoms with van der Waals surface area (Å²) in [6.07, 6.45) is 0. The van der Waals surface area contributed by atoms with E-state index < -0.39 is 0 Å². The van der Waals surface area contributed by atoms with Gasteiger partial charge in [-0.1, -0.05) is 35.9 Å². The molecule has 0 saturated heterocycles. The Morgan fingerprint density at radius 2 is 1.07 bits per heavy atom. The quantitative estimate of drug-likeness (QED) is 0.682. The van der Waals surface area contributed by atoms with Crippen molar-refractivity contribution in [2.24, 2.45) is 0 Å². The van der Waals surface area contributed by atoms with E-state index in [1.807, 2.05) is 38.6 Å². The van der Waals surface area contributed by atoms with Crippen LogP contribution in [0.5, 0.6) is 0 Å². The molecule has 1 aromatic rings. The van der Waals surface area contributed by atoms with Gasteiger partial charge in [0.25, 0.3) is 0 Å². The SMILES string of the molecule is C=O.C=O.C=O.Cc1ccccc1.[Cr]. The molecule has 1 aromatic carbocycles. The molecule has 78 valence electrons. The molecule has 0 unspecified atom stereocenters. The van der Waals surface area contributed by atoms with Crippen molar-refractivity contribution in [2.45, 2.75) is 6.92 Å². The van der Waals surface area contributed by atoms with Gasteiger partial charge in [-0.25, -0.2) is 0 Å². The third-order valence-electron chi connectivity index (χ3n) is 0.940. The monoisotopic (exact) mass is 234 g/mol. The van der Waals surface area contributed by atoms with Crippen molar-refractivity contribution in [3.63, 3.8) is 0 Å².